The normalized spacial score (nSPS) is 24.6. The average molecular weight is 275 g/mol. The maximum Gasteiger partial charge on any atom is 0.410 e. The molecule has 1 aromatic rings. The highest BCUT2D eigenvalue weighted by Gasteiger charge is 2.54. The van der Waals surface area contributed by atoms with Gasteiger partial charge >= 0.3 is 6.09 Å². The molecule has 1 aromatic carbocycles. The first-order valence-corrected chi connectivity index (χ1v) is 6.97. The largest absolute Gasteiger partial charge is 0.444 e. The average Bonchev–Trinajstić information content (AvgIpc) is 2.31. The fourth-order valence-electron chi connectivity index (χ4n) is 2.75. The highest BCUT2D eigenvalue weighted by atomic mass is 16.6. The molecule has 0 saturated carbocycles. The van der Waals surface area contributed by atoms with Crippen molar-refractivity contribution in [1.29, 1.82) is 0 Å². The first-order chi connectivity index (χ1) is 9.35. The van der Waals surface area contributed by atoms with Crippen molar-refractivity contribution in [3.63, 3.8) is 0 Å². The minimum Gasteiger partial charge on any atom is -0.444 e. The van der Waals surface area contributed by atoms with E-state index in [9.17, 15) is 4.79 Å². The lowest BCUT2D eigenvalue weighted by molar-refractivity contribution is -0.0309. The third-order valence-electron chi connectivity index (χ3n) is 3.87. The topological polar surface area (TPSA) is 58.8 Å². The number of likely N-dealkylation sites (tertiary alicyclic amines) is 1. The van der Waals surface area contributed by atoms with Crippen LogP contribution in [0.3, 0.4) is 0 Å². The van der Waals surface area contributed by atoms with Gasteiger partial charge in [-0.1, -0.05) is 0 Å². The first-order valence-electron chi connectivity index (χ1n) is 6.97. The minimum atomic E-state index is -0.428. The molecule has 108 valence electrons. The van der Waals surface area contributed by atoms with Gasteiger partial charge in [-0.25, -0.2) is 4.79 Å². The molecule has 2 aliphatic rings. The SMILES string of the molecule is CC(C)(C)OC(=O)N1CC2C1CN2c1ccc(N)cc1. The second kappa shape index (κ2) is 4.30. The van der Waals surface area contributed by atoms with Gasteiger partial charge in [-0.05, 0) is 45.0 Å². The van der Waals surface area contributed by atoms with Crippen LogP contribution in [0, 0.1) is 0 Å². The molecule has 2 atom stereocenters. The van der Waals surface area contributed by atoms with Crippen LogP contribution in [0.25, 0.3) is 0 Å². The van der Waals surface area contributed by atoms with E-state index in [0.29, 0.717) is 12.1 Å². The van der Waals surface area contributed by atoms with Crippen molar-refractivity contribution in [1.82, 2.24) is 4.90 Å². The lowest BCUT2D eigenvalue weighted by Gasteiger charge is -2.62. The van der Waals surface area contributed by atoms with Crippen molar-refractivity contribution in [2.45, 2.75) is 38.5 Å². The van der Waals surface area contributed by atoms with Crippen LogP contribution in [-0.4, -0.2) is 41.8 Å². The predicted molar refractivity (Wildman–Crippen MR) is 78.7 cm³/mol. The lowest BCUT2D eigenvalue weighted by Crippen LogP contribution is -2.80. The fourth-order valence-corrected chi connectivity index (χ4v) is 2.75. The van der Waals surface area contributed by atoms with Crippen LogP contribution < -0.4 is 10.6 Å². The zero-order valence-corrected chi connectivity index (χ0v) is 12.2. The van der Waals surface area contributed by atoms with E-state index in [4.69, 9.17) is 10.5 Å². The van der Waals surface area contributed by atoms with Gasteiger partial charge in [0.05, 0.1) is 12.1 Å². The molecule has 2 saturated heterocycles. The van der Waals surface area contributed by atoms with Gasteiger partial charge in [0.1, 0.15) is 5.60 Å². The predicted octanol–water partition coefficient (Wildman–Crippen LogP) is 2.08. The molecule has 1 amide bonds. The number of rotatable bonds is 1. The van der Waals surface area contributed by atoms with Crippen molar-refractivity contribution in [2.24, 2.45) is 0 Å². The molecule has 5 heteroatoms. The van der Waals surface area contributed by atoms with Gasteiger partial charge in [-0.3, -0.25) is 4.90 Å². The standard InChI is InChI=1S/C15H21N3O2/c1-15(2,3)20-14(19)18-9-12-13(18)8-17(12)11-6-4-10(16)5-7-11/h4-7,12-13H,8-9,16H2,1-3H3. The van der Waals surface area contributed by atoms with E-state index in [0.717, 1.165) is 18.8 Å². The van der Waals surface area contributed by atoms with Crippen LogP contribution in [-0.2, 0) is 4.74 Å². The van der Waals surface area contributed by atoms with Gasteiger partial charge in [-0.2, -0.15) is 0 Å². The van der Waals surface area contributed by atoms with Crippen molar-refractivity contribution in [3.05, 3.63) is 24.3 Å². The van der Waals surface area contributed by atoms with Crippen LogP contribution in [0.2, 0.25) is 0 Å². The Hall–Kier alpha value is -1.91. The Balaban J connectivity index is 1.58. The first kappa shape index (κ1) is 13.1. The summed E-state index contributed by atoms with van der Waals surface area (Å²) in [5, 5.41) is 0. The molecule has 0 spiro atoms. The molecule has 2 heterocycles. The maximum absolute atomic E-state index is 12.0. The number of hydrogen-bond donors (Lipinski definition) is 1. The molecule has 2 N–H and O–H groups in total. The minimum absolute atomic E-state index is 0.198. The van der Waals surface area contributed by atoms with E-state index in [1.54, 1.807) is 0 Å². The Kier molecular flexibility index (Phi) is 2.81. The summed E-state index contributed by atoms with van der Waals surface area (Å²) < 4.78 is 5.40. The van der Waals surface area contributed by atoms with Gasteiger partial charge < -0.3 is 15.4 Å². The van der Waals surface area contributed by atoms with E-state index in [1.807, 2.05) is 49.9 Å². The Morgan fingerprint density at radius 2 is 1.85 bits per heavy atom. The molecule has 20 heavy (non-hydrogen) atoms. The number of nitrogens with zero attached hydrogens (tertiary/aromatic N) is 2. The number of nitrogen functional groups attached to an aromatic ring is 1. The third kappa shape index (κ3) is 2.17. The lowest BCUT2D eigenvalue weighted by atomic mass is 9.85. The molecule has 5 nitrogen and oxygen atoms in total. The molecule has 0 bridgehead atoms. The maximum atomic E-state index is 12.0. The van der Waals surface area contributed by atoms with Gasteiger partial charge in [0.2, 0.25) is 0 Å². The van der Waals surface area contributed by atoms with Crippen LogP contribution >= 0.6 is 0 Å². The van der Waals surface area contributed by atoms with Crippen LogP contribution in [0.5, 0.6) is 0 Å². The number of benzene rings is 1. The number of carbonyl (C=O) groups is 1. The van der Waals surface area contributed by atoms with Crippen molar-refractivity contribution in [3.8, 4) is 0 Å². The number of hydrogen-bond acceptors (Lipinski definition) is 4. The number of anilines is 2. The summed E-state index contributed by atoms with van der Waals surface area (Å²) in [5.74, 6) is 0. The van der Waals surface area contributed by atoms with Gasteiger partial charge in [0, 0.05) is 24.5 Å². The smallest absolute Gasteiger partial charge is 0.410 e. The second-order valence-corrected chi connectivity index (χ2v) is 6.51. The zero-order chi connectivity index (χ0) is 14.5. The van der Waals surface area contributed by atoms with Crippen LogP contribution in [0.15, 0.2) is 24.3 Å². The summed E-state index contributed by atoms with van der Waals surface area (Å²) in [6.45, 7) is 7.29. The molecule has 0 radical (unpaired) electrons. The van der Waals surface area contributed by atoms with Crippen molar-refractivity contribution in [2.75, 3.05) is 23.7 Å². The summed E-state index contributed by atoms with van der Waals surface area (Å²) >= 11 is 0. The van der Waals surface area contributed by atoms with Crippen molar-refractivity contribution >= 4 is 17.5 Å². The third-order valence-corrected chi connectivity index (χ3v) is 3.87. The van der Waals surface area contributed by atoms with Crippen LogP contribution in [0.4, 0.5) is 16.2 Å². The Morgan fingerprint density at radius 1 is 1.20 bits per heavy atom. The summed E-state index contributed by atoms with van der Waals surface area (Å²) in [4.78, 5) is 16.1. The van der Waals surface area contributed by atoms with E-state index in [2.05, 4.69) is 4.90 Å². The molecular weight excluding hydrogens is 254 g/mol. The Morgan fingerprint density at radius 3 is 2.35 bits per heavy atom. The van der Waals surface area contributed by atoms with Gasteiger partial charge in [0.15, 0.2) is 0 Å². The Bertz CT molecular complexity index is 521. The van der Waals surface area contributed by atoms with E-state index in [-0.39, 0.29) is 6.09 Å². The molecule has 2 fully saturated rings. The summed E-state index contributed by atoms with van der Waals surface area (Å²) in [6.07, 6.45) is -0.198. The Labute approximate surface area is 119 Å². The highest BCUT2D eigenvalue weighted by Crippen LogP contribution is 2.38. The summed E-state index contributed by atoms with van der Waals surface area (Å²) in [5.41, 5.74) is 7.21. The molecule has 0 aliphatic carbocycles. The molecule has 3 rings (SSSR count). The summed E-state index contributed by atoms with van der Waals surface area (Å²) in [7, 11) is 0. The molecular formula is C15H21N3O2. The van der Waals surface area contributed by atoms with Crippen LogP contribution in [0.1, 0.15) is 20.8 Å². The monoisotopic (exact) mass is 275 g/mol. The summed E-state index contributed by atoms with van der Waals surface area (Å²) in [6, 6.07) is 8.59. The van der Waals surface area contributed by atoms with E-state index >= 15 is 0 Å². The quantitative estimate of drug-likeness (QED) is 0.797. The van der Waals surface area contributed by atoms with Gasteiger partial charge in [-0.15, -0.1) is 0 Å². The second-order valence-electron chi connectivity index (χ2n) is 6.51. The molecule has 2 unspecified atom stereocenters. The van der Waals surface area contributed by atoms with E-state index in [1.165, 1.54) is 5.69 Å². The number of piperazine rings is 1. The highest BCUT2D eigenvalue weighted by molar-refractivity contribution is 5.72. The number of nitrogens with two attached hydrogens (primary N) is 1. The number of amides is 1. The molecule has 0 aromatic heterocycles. The zero-order valence-electron chi connectivity index (χ0n) is 12.2. The number of carbonyl (C=O) groups excluding carboxylic acids is 1. The fraction of sp³-hybridized carbons (Fsp3) is 0.533. The number of fused-ring (bicyclic) bond motifs is 1. The number of ether oxygens (including phenoxy) is 1. The van der Waals surface area contributed by atoms with E-state index < -0.39 is 5.60 Å². The van der Waals surface area contributed by atoms with Crippen molar-refractivity contribution < 1.29 is 9.53 Å². The van der Waals surface area contributed by atoms with Gasteiger partial charge in [0.25, 0.3) is 0 Å². The molecule has 2 aliphatic heterocycles.